The van der Waals surface area contributed by atoms with Gasteiger partial charge in [-0.3, -0.25) is 9.69 Å². The van der Waals surface area contributed by atoms with E-state index in [2.05, 4.69) is 11.0 Å². The van der Waals surface area contributed by atoms with Gasteiger partial charge in [-0.1, -0.05) is 0 Å². The number of carboxylic acids is 1. The van der Waals surface area contributed by atoms with E-state index in [1.54, 1.807) is 0 Å². The van der Waals surface area contributed by atoms with Gasteiger partial charge in [-0.2, -0.15) is 13.2 Å². The van der Waals surface area contributed by atoms with Gasteiger partial charge < -0.3 is 19.2 Å². The summed E-state index contributed by atoms with van der Waals surface area (Å²) in [6.07, 6.45) is -0.924. The van der Waals surface area contributed by atoms with Crippen LogP contribution < -0.4 is 0 Å². The molecule has 1 aromatic heterocycles. The number of carbonyl (C=O) groups is 2. The van der Waals surface area contributed by atoms with Gasteiger partial charge in [0.05, 0.1) is 25.7 Å². The molecule has 3 atom stereocenters. The number of likely N-dealkylation sites (tertiary alicyclic amines) is 2. The summed E-state index contributed by atoms with van der Waals surface area (Å²) in [6, 6.07) is 4.10. The highest BCUT2D eigenvalue weighted by Gasteiger charge is 2.42. The van der Waals surface area contributed by atoms with Crippen molar-refractivity contribution in [2.45, 2.75) is 51.4 Å². The number of hydrogen-bond acceptors (Lipinski definition) is 5. The number of hydrogen-bond donors (Lipinski definition) is 1. The number of furan rings is 1. The number of halogens is 3. The van der Waals surface area contributed by atoms with Gasteiger partial charge in [-0.05, 0) is 50.8 Å². The number of rotatable bonds is 4. The van der Waals surface area contributed by atoms with Crippen LogP contribution in [0.5, 0.6) is 0 Å². The molecule has 174 valence electrons. The molecule has 1 aromatic rings. The highest BCUT2D eigenvalue weighted by Crippen LogP contribution is 2.36. The quantitative estimate of drug-likeness (QED) is 0.766. The lowest BCUT2D eigenvalue weighted by atomic mass is 9.83. The largest absolute Gasteiger partial charge is 0.490 e. The van der Waals surface area contributed by atoms with Crippen molar-refractivity contribution in [1.82, 2.24) is 9.80 Å². The third-order valence-corrected chi connectivity index (χ3v) is 6.13. The van der Waals surface area contributed by atoms with Crippen molar-refractivity contribution >= 4 is 11.9 Å². The Kier molecular flexibility index (Phi) is 7.64. The number of amides is 1. The van der Waals surface area contributed by atoms with Crippen LogP contribution in [0.15, 0.2) is 16.5 Å². The first kappa shape index (κ1) is 23.6. The van der Waals surface area contributed by atoms with Gasteiger partial charge in [0.1, 0.15) is 11.5 Å². The fourth-order valence-electron chi connectivity index (χ4n) is 4.57. The van der Waals surface area contributed by atoms with Crippen LogP contribution in [-0.4, -0.2) is 71.8 Å². The molecule has 3 aliphatic rings. The molecule has 3 aliphatic heterocycles. The minimum absolute atomic E-state index is 0.135. The molecule has 0 saturated carbocycles. The summed E-state index contributed by atoms with van der Waals surface area (Å²) >= 11 is 0. The minimum atomic E-state index is -5.08. The van der Waals surface area contributed by atoms with Crippen LogP contribution in [0.25, 0.3) is 0 Å². The van der Waals surface area contributed by atoms with E-state index in [4.69, 9.17) is 19.1 Å². The Morgan fingerprint density at radius 1 is 1.19 bits per heavy atom. The van der Waals surface area contributed by atoms with E-state index in [1.165, 1.54) is 0 Å². The Balaban J connectivity index is 0.000000339. The Hall–Kier alpha value is -2.07. The fourth-order valence-corrected chi connectivity index (χ4v) is 4.57. The first-order valence-corrected chi connectivity index (χ1v) is 10.6. The average Bonchev–Trinajstić information content (AvgIpc) is 3.43. The molecule has 1 N–H and O–H groups in total. The molecule has 4 rings (SSSR count). The van der Waals surface area contributed by atoms with E-state index in [0.717, 1.165) is 70.1 Å². The average molecular weight is 446 g/mol. The lowest BCUT2D eigenvalue weighted by molar-refractivity contribution is -0.192. The van der Waals surface area contributed by atoms with Crippen molar-refractivity contribution < 1.29 is 37.0 Å². The smallest absolute Gasteiger partial charge is 0.475 e. The minimum Gasteiger partial charge on any atom is -0.475 e. The summed E-state index contributed by atoms with van der Waals surface area (Å²) < 4.78 is 43.5. The molecule has 0 spiro atoms. The molecule has 3 fully saturated rings. The molecule has 10 heteroatoms. The Morgan fingerprint density at radius 3 is 2.45 bits per heavy atom. The Bertz CT molecular complexity index is 760. The van der Waals surface area contributed by atoms with Crippen molar-refractivity contribution in [3.63, 3.8) is 0 Å². The molecule has 0 aliphatic carbocycles. The number of nitrogens with zero attached hydrogens (tertiary/aromatic N) is 2. The zero-order chi connectivity index (χ0) is 22.6. The van der Waals surface area contributed by atoms with E-state index in [1.807, 2.05) is 17.9 Å². The Morgan fingerprint density at radius 2 is 1.87 bits per heavy atom. The van der Waals surface area contributed by atoms with E-state index in [9.17, 15) is 18.0 Å². The third-order valence-electron chi connectivity index (χ3n) is 6.13. The van der Waals surface area contributed by atoms with E-state index in [0.29, 0.717) is 24.2 Å². The second-order valence-electron chi connectivity index (χ2n) is 8.43. The van der Waals surface area contributed by atoms with Crippen LogP contribution in [0.4, 0.5) is 13.2 Å². The molecule has 4 heterocycles. The number of piperidine rings is 1. The molecular formula is C21H29F3N2O5. The zero-order valence-corrected chi connectivity index (χ0v) is 17.6. The maximum atomic E-state index is 12.4. The summed E-state index contributed by atoms with van der Waals surface area (Å²) in [4.78, 5) is 25.8. The lowest BCUT2D eigenvalue weighted by Gasteiger charge is -2.35. The van der Waals surface area contributed by atoms with Crippen molar-refractivity contribution in [1.29, 1.82) is 0 Å². The molecule has 0 bridgehead atoms. The van der Waals surface area contributed by atoms with Gasteiger partial charge in [0.15, 0.2) is 0 Å². The summed E-state index contributed by atoms with van der Waals surface area (Å²) in [5.41, 5.74) is 0. The van der Waals surface area contributed by atoms with Gasteiger partial charge in [-0.25, -0.2) is 4.79 Å². The van der Waals surface area contributed by atoms with Crippen LogP contribution in [0.3, 0.4) is 0 Å². The fraction of sp³-hybridized carbons (Fsp3) is 0.714. The van der Waals surface area contributed by atoms with E-state index >= 15 is 0 Å². The van der Waals surface area contributed by atoms with Crippen molar-refractivity contribution in [2.24, 2.45) is 11.8 Å². The second-order valence-corrected chi connectivity index (χ2v) is 8.43. The standard InChI is InChI=1S/C19H28N2O3.C2HF3O2/c1-14-4-5-16(24-14)12-20-9-6-17-15(11-20)13-23-18(17)10-19(22)21-7-2-3-8-21;3-2(4,5)1(6)7/h4-5,15,17-18H,2-3,6-13H2,1H3;(H,6,7)/t15-,17-,18-;/m1./s1. The molecule has 0 radical (unpaired) electrons. The number of carbonyl (C=O) groups excluding carboxylic acids is 1. The molecule has 7 nitrogen and oxygen atoms in total. The van der Waals surface area contributed by atoms with Crippen LogP contribution in [0, 0.1) is 18.8 Å². The van der Waals surface area contributed by atoms with Crippen LogP contribution in [-0.2, 0) is 20.9 Å². The molecule has 3 saturated heterocycles. The molecule has 1 amide bonds. The number of ether oxygens (including phenoxy) is 1. The second kappa shape index (κ2) is 10.0. The Labute approximate surface area is 179 Å². The SMILES string of the molecule is Cc1ccc(CN2CC[C@@H]3[C@@H](CO[C@@H]3CC(=O)N3CCCC3)C2)o1.O=C(O)C(F)(F)F. The third kappa shape index (κ3) is 6.46. The zero-order valence-electron chi connectivity index (χ0n) is 17.6. The topological polar surface area (TPSA) is 83.2 Å². The molecule has 31 heavy (non-hydrogen) atoms. The molecule has 0 unspecified atom stereocenters. The van der Waals surface area contributed by atoms with Gasteiger partial charge in [0.25, 0.3) is 0 Å². The number of alkyl halides is 3. The number of carboxylic acid groups (broad SMARTS) is 1. The monoisotopic (exact) mass is 446 g/mol. The van der Waals surface area contributed by atoms with Crippen LogP contribution in [0.1, 0.15) is 37.2 Å². The maximum absolute atomic E-state index is 12.4. The van der Waals surface area contributed by atoms with Crippen molar-refractivity contribution in [3.8, 4) is 0 Å². The van der Waals surface area contributed by atoms with Crippen LogP contribution in [0.2, 0.25) is 0 Å². The van der Waals surface area contributed by atoms with Crippen LogP contribution >= 0.6 is 0 Å². The highest BCUT2D eigenvalue weighted by atomic mass is 19.4. The lowest BCUT2D eigenvalue weighted by Crippen LogP contribution is -2.42. The predicted molar refractivity (Wildman–Crippen MR) is 104 cm³/mol. The first-order valence-electron chi connectivity index (χ1n) is 10.6. The number of aryl methyl sites for hydroxylation is 1. The highest BCUT2D eigenvalue weighted by molar-refractivity contribution is 5.77. The maximum Gasteiger partial charge on any atom is 0.490 e. The van der Waals surface area contributed by atoms with Gasteiger partial charge in [-0.15, -0.1) is 0 Å². The van der Waals surface area contributed by atoms with E-state index < -0.39 is 12.1 Å². The van der Waals surface area contributed by atoms with Gasteiger partial charge in [0, 0.05) is 25.6 Å². The van der Waals surface area contributed by atoms with E-state index in [-0.39, 0.29) is 6.10 Å². The number of fused-ring (bicyclic) bond motifs is 1. The summed E-state index contributed by atoms with van der Waals surface area (Å²) in [5.74, 6) is 0.673. The summed E-state index contributed by atoms with van der Waals surface area (Å²) in [7, 11) is 0. The first-order chi connectivity index (χ1) is 14.6. The molecule has 0 aromatic carbocycles. The van der Waals surface area contributed by atoms with Gasteiger partial charge in [0.2, 0.25) is 5.91 Å². The predicted octanol–water partition coefficient (Wildman–Crippen LogP) is 3.07. The van der Waals surface area contributed by atoms with Crippen molar-refractivity contribution in [2.75, 3.05) is 32.8 Å². The van der Waals surface area contributed by atoms with Gasteiger partial charge >= 0.3 is 12.1 Å². The van der Waals surface area contributed by atoms with Crippen molar-refractivity contribution in [3.05, 3.63) is 23.7 Å². The summed E-state index contributed by atoms with van der Waals surface area (Å²) in [6.45, 7) is 7.68. The molecular weight excluding hydrogens is 417 g/mol. The number of aliphatic carboxylic acids is 1. The normalized spacial score (nSPS) is 26.3. The summed E-state index contributed by atoms with van der Waals surface area (Å²) in [5, 5.41) is 7.12.